The number of carbonyl (C=O) groups is 2. The molecule has 0 fully saturated rings. The van der Waals surface area contributed by atoms with Gasteiger partial charge in [-0.3, -0.25) is 18.7 Å². The normalized spacial score (nSPS) is 12.4. The van der Waals surface area contributed by atoms with Crippen molar-refractivity contribution in [2.45, 2.75) is 26.3 Å². The predicted octanol–water partition coefficient (Wildman–Crippen LogP) is 2.68. The minimum absolute atomic E-state index is 0.134. The summed E-state index contributed by atoms with van der Waals surface area (Å²) in [7, 11) is 3.40. The molecule has 0 saturated heterocycles. The Balaban J connectivity index is 1.62. The number of aromatic amines is 1. The van der Waals surface area contributed by atoms with Crippen molar-refractivity contribution in [2.75, 3.05) is 5.32 Å². The highest BCUT2D eigenvalue weighted by Crippen LogP contribution is 2.21. The molecule has 8 heteroatoms. The number of benzene rings is 2. The third-order valence-electron chi connectivity index (χ3n) is 5.80. The van der Waals surface area contributed by atoms with Crippen LogP contribution in [0.25, 0.3) is 21.9 Å². The van der Waals surface area contributed by atoms with E-state index in [2.05, 4.69) is 15.6 Å². The van der Waals surface area contributed by atoms with E-state index in [1.807, 2.05) is 30.5 Å². The van der Waals surface area contributed by atoms with E-state index in [0.29, 0.717) is 12.1 Å². The molecule has 32 heavy (non-hydrogen) atoms. The SMILES string of the molecule is CC(C)C(=O)NC(Cc1c[nH]c2ccccc12)C(=O)Nc1ccc2c(c1)n(C)c(=O)n2C. The lowest BCUT2D eigenvalue weighted by Crippen LogP contribution is -2.46. The van der Waals surface area contributed by atoms with Crippen LogP contribution in [0.1, 0.15) is 19.4 Å². The molecule has 8 nitrogen and oxygen atoms in total. The van der Waals surface area contributed by atoms with E-state index in [4.69, 9.17) is 0 Å². The molecule has 0 aliphatic carbocycles. The van der Waals surface area contributed by atoms with Gasteiger partial charge in [-0.05, 0) is 29.8 Å². The molecule has 1 unspecified atom stereocenters. The van der Waals surface area contributed by atoms with Gasteiger partial charge in [-0.2, -0.15) is 0 Å². The Kier molecular flexibility index (Phi) is 5.61. The third-order valence-corrected chi connectivity index (χ3v) is 5.80. The fraction of sp³-hybridized carbons (Fsp3) is 0.292. The lowest BCUT2D eigenvalue weighted by atomic mass is 10.0. The number of fused-ring (bicyclic) bond motifs is 2. The van der Waals surface area contributed by atoms with E-state index >= 15 is 0 Å². The van der Waals surface area contributed by atoms with Gasteiger partial charge in [0.1, 0.15) is 6.04 Å². The van der Waals surface area contributed by atoms with Crippen molar-refractivity contribution < 1.29 is 9.59 Å². The number of H-pyrrole nitrogens is 1. The van der Waals surface area contributed by atoms with Crippen molar-refractivity contribution in [3.05, 3.63) is 64.7 Å². The first-order valence-electron chi connectivity index (χ1n) is 10.6. The molecule has 0 radical (unpaired) electrons. The molecule has 0 aliphatic heterocycles. The first kappa shape index (κ1) is 21.4. The van der Waals surface area contributed by atoms with Crippen molar-refractivity contribution in [3.8, 4) is 0 Å². The number of nitrogens with one attached hydrogen (secondary N) is 3. The second kappa shape index (κ2) is 8.37. The van der Waals surface area contributed by atoms with Crippen LogP contribution in [0, 0.1) is 5.92 Å². The van der Waals surface area contributed by atoms with Crippen LogP contribution in [-0.2, 0) is 30.1 Å². The van der Waals surface area contributed by atoms with E-state index in [1.54, 1.807) is 50.7 Å². The summed E-state index contributed by atoms with van der Waals surface area (Å²) in [6.07, 6.45) is 2.22. The Hall–Kier alpha value is -3.81. The molecule has 2 aromatic heterocycles. The van der Waals surface area contributed by atoms with Crippen molar-refractivity contribution in [2.24, 2.45) is 20.0 Å². The van der Waals surface area contributed by atoms with Crippen LogP contribution in [0.5, 0.6) is 0 Å². The fourth-order valence-corrected chi connectivity index (χ4v) is 3.88. The summed E-state index contributed by atoms with van der Waals surface area (Å²) in [5.41, 5.74) is 3.85. The molecule has 2 heterocycles. The van der Waals surface area contributed by atoms with Crippen LogP contribution in [0.4, 0.5) is 5.69 Å². The average molecular weight is 434 g/mol. The van der Waals surface area contributed by atoms with Crippen molar-refractivity contribution in [3.63, 3.8) is 0 Å². The number of amides is 2. The number of para-hydroxylation sites is 1. The Morgan fingerprint density at radius 2 is 1.72 bits per heavy atom. The Morgan fingerprint density at radius 3 is 2.47 bits per heavy atom. The van der Waals surface area contributed by atoms with Gasteiger partial charge in [0.15, 0.2) is 0 Å². The summed E-state index contributed by atoms with van der Waals surface area (Å²) in [6, 6.07) is 12.4. The fourth-order valence-electron chi connectivity index (χ4n) is 3.88. The van der Waals surface area contributed by atoms with Gasteiger partial charge in [-0.25, -0.2) is 4.79 Å². The standard InChI is InChI=1S/C24H27N5O3/c1-14(2)22(30)27-19(11-15-13-25-18-8-6-5-7-17(15)18)23(31)26-16-9-10-20-21(12-16)29(4)24(32)28(20)3/h5-10,12-14,19,25H,11H2,1-4H3,(H,26,31)(H,27,30). The second-order valence-electron chi connectivity index (χ2n) is 8.37. The highest BCUT2D eigenvalue weighted by molar-refractivity contribution is 5.99. The van der Waals surface area contributed by atoms with E-state index in [0.717, 1.165) is 27.5 Å². The summed E-state index contributed by atoms with van der Waals surface area (Å²) >= 11 is 0. The van der Waals surface area contributed by atoms with Gasteiger partial charge in [-0.15, -0.1) is 0 Å². The maximum absolute atomic E-state index is 13.2. The molecule has 1 atom stereocenters. The quantitative estimate of drug-likeness (QED) is 0.436. The zero-order valence-electron chi connectivity index (χ0n) is 18.6. The zero-order chi connectivity index (χ0) is 23.0. The van der Waals surface area contributed by atoms with Gasteiger partial charge >= 0.3 is 5.69 Å². The molecule has 0 aliphatic rings. The van der Waals surface area contributed by atoms with Gasteiger partial charge in [0.2, 0.25) is 11.8 Å². The number of anilines is 1. The molecule has 166 valence electrons. The van der Waals surface area contributed by atoms with Crippen LogP contribution in [0.3, 0.4) is 0 Å². The first-order valence-corrected chi connectivity index (χ1v) is 10.6. The third kappa shape index (κ3) is 3.91. The van der Waals surface area contributed by atoms with Crippen LogP contribution >= 0.6 is 0 Å². The highest BCUT2D eigenvalue weighted by atomic mass is 16.2. The van der Waals surface area contributed by atoms with Crippen LogP contribution in [0.2, 0.25) is 0 Å². The van der Waals surface area contributed by atoms with Gasteiger partial charge in [-0.1, -0.05) is 32.0 Å². The lowest BCUT2D eigenvalue weighted by molar-refractivity contribution is -0.128. The molecule has 4 rings (SSSR count). The zero-order valence-corrected chi connectivity index (χ0v) is 18.6. The van der Waals surface area contributed by atoms with Gasteiger partial charge in [0, 0.05) is 49.2 Å². The molecule has 0 saturated carbocycles. The van der Waals surface area contributed by atoms with Crippen LogP contribution < -0.4 is 16.3 Å². The van der Waals surface area contributed by atoms with Crippen LogP contribution in [0.15, 0.2) is 53.5 Å². The number of rotatable bonds is 6. The predicted molar refractivity (Wildman–Crippen MR) is 126 cm³/mol. The molecule has 4 aromatic rings. The largest absolute Gasteiger partial charge is 0.361 e. The molecule has 0 bridgehead atoms. The molecule has 3 N–H and O–H groups in total. The van der Waals surface area contributed by atoms with Crippen molar-refractivity contribution >= 4 is 39.4 Å². The number of carbonyl (C=O) groups excluding carboxylic acids is 2. The summed E-state index contributed by atoms with van der Waals surface area (Å²) in [5.74, 6) is -0.751. The number of aryl methyl sites for hydroxylation is 2. The Morgan fingerprint density at radius 1 is 1.00 bits per heavy atom. The van der Waals surface area contributed by atoms with Gasteiger partial charge in [0.05, 0.1) is 11.0 Å². The first-order chi connectivity index (χ1) is 15.3. The maximum atomic E-state index is 13.2. The monoisotopic (exact) mass is 433 g/mol. The average Bonchev–Trinajstić information content (AvgIpc) is 3.28. The van der Waals surface area contributed by atoms with Gasteiger partial charge < -0.3 is 15.6 Å². The summed E-state index contributed by atoms with van der Waals surface area (Å²) < 4.78 is 3.10. The summed E-state index contributed by atoms with van der Waals surface area (Å²) in [4.78, 5) is 41.0. The van der Waals surface area contributed by atoms with E-state index in [1.165, 1.54) is 4.57 Å². The Bertz CT molecular complexity index is 1380. The minimum Gasteiger partial charge on any atom is -0.361 e. The number of aromatic nitrogens is 3. The van der Waals surface area contributed by atoms with Gasteiger partial charge in [0.25, 0.3) is 0 Å². The number of hydrogen-bond acceptors (Lipinski definition) is 3. The summed E-state index contributed by atoms with van der Waals surface area (Å²) in [6.45, 7) is 3.58. The lowest BCUT2D eigenvalue weighted by Gasteiger charge is -2.20. The second-order valence-corrected chi connectivity index (χ2v) is 8.37. The molecular weight excluding hydrogens is 406 g/mol. The van der Waals surface area contributed by atoms with E-state index in [9.17, 15) is 14.4 Å². The smallest absolute Gasteiger partial charge is 0.328 e. The highest BCUT2D eigenvalue weighted by Gasteiger charge is 2.24. The maximum Gasteiger partial charge on any atom is 0.328 e. The van der Waals surface area contributed by atoms with Crippen LogP contribution in [-0.4, -0.2) is 32.0 Å². The molecular formula is C24H27N5O3. The minimum atomic E-state index is -0.751. The number of imidazole rings is 1. The van der Waals surface area contributed by atoms with E-state index < -0.39 is 6.04 Å². The van der Waals surface area contributed by atoms with E-state index in [-0.39, 0.29) is 23.4 Å². The summed E-state index contributed by atoms with van der Waals surface area (Å²) in [5, 5.41) is 6.80. The molecule has 0 spiro atoms. The Labute approximate surface area is 185 Å². The van der Waals surface area contributed by atoms with Crippen molar-refractivity contribution in [1.29, 1.82) is 0 Å². The number of hydrogen-bond donors (Lipinski definition) is 3. The van der Waals surface area contributed by atoms with Crippen molar-refractivity contribution in [1.82, 2.24) is 19.4 Å². The number of nitrogens with zero attached hydrogens (tertiary/aromatic N) is 2. The molecule has 2 amide bonds. The molecule has 2 aromatic carbocycles. The topological polar surface area (TPSA) is 101 Å².